The van der Waals surface area contributed by atoms with Crippen molar-refractivity contribution in [1.29, 1.82) is 0 Å². The van der Waals surface area contributed by atoms with Gasteiger partial charge in [0.15, 0.2) is 0 Å². The third-order valence-electron chi connectivity index (χ3n) is 2.75. The zero-order valence-corrected chi connectivity index (χ0v) is 10.0. The molecule has 1 saturated heterocycles. The van der Waals surface area contributed by atoms with Crippen LogP contribution in [0.5, 0.6) is 0 Å². The van der Waals surface area contributed by atoms with Crippen molar-refractivity contribution in [3.63, 3.8) is 0 Å². The summed E-state index contributed by atoms with van der Waals surface area (Å²) in [5.41, 5.74) is 2.89. The highest BCUT2D eigenvalue weighted by molar-refractivity contribution is 7.97. The predicted molar refractivity (Wildman–Crippen MR) is 68.7 cm³/mol. The molecule has 1 fully saturated rings. The van der Waals surface area contributed by atoms with Crippen LogP contribution in [0.25, 0.3) is 0 Å². The highest BCUT2D eigenvalue weighted by Gasteiger charge is 2.12. The summed E-state index contributed by atoms with van der Waals surface area (Å²) < 4.78 is 0. The molecular formula is C12H18N2S. The number of para-hydroxylation sites is 1. The summed E-state index contributed by atoms with van der Waals surface area (Å²) in [5, 5.41) is 3.39. The van der Waals surface area contributed by atoms with E-state index in [4.69, 9.17) is 0 Å². The van der Waals surface area contributed by atoms with Crippen LogP contribution in [0, 0.1) is 0 Å². The first-order valence-corrected chi connectivity index (χ1v) is 6.83. The van der Waals surface area contributed by atoms with E-state index in [1.54, 1.807) is 0 Å². The fraction of sp³-hybridized carbons (Fsp3) is 0.500. The van der Waals surface area contributed by atoms with Crippen LogP contribution < -0.4 is 10.2 Å². The van der Waals surface area contributed by atoms with Gasteiger partial charge < -0.3 is 10.2 Å². The number of benzene rings is 1. The zero-order valence-electron chi connectivity index (χ0n) is 9.20. The molecule has 15 heavy (non-hydrogen) atoms. The van der Waals surface area contributed by atoms with Gasteiger partial charge in [0, 0.05) is 37.6 Å². The minimum Gasteiger partial charge on any atom is -0.369 e. The van der Waals surface area contributed by atoms with Crippen molar-refractivity contribution < 1.29 is 0 Å². The maximum Gasteiger partial charge on any atom is 0.0408 e. The maximum absolute atomic E-state index is 3.39. The molecule has 0 bridgehead atoms. The Bertz CT molecular complexity index is 308. The van der Waals surface area contributed by atoms with Gasteiger partial charge in [-0.2, -0.15) is 11.8 Å². The first-order valence-electron chi connectivity index (χ1n) is 5.44. The van der Waals surface area contributed by atoms with Gasteiger partial charge in [0.2, 0.25) is 0 Å². The van der Waals surface area contributed by atoms with E-state index in [9.17, 15) is 0 Å². The minimum absolute atomic E-state index is 1.10. The van der Waals surface area contributed by atoms with Gasteiger partial charge in [-0.05, 0) is 17.9 Å². The lowest BCUT2D eigenvalue weighted by Crippen LogP contribution is -2.43. The van der Waals surface area contributed by atoms with Gasteiger partial charge in [0.1, 0.15) is 0 Å². The van der Waals surface area contributed by atoms with Crippen molar-refractivity contribution >= 4 is 17.4 Å². The second kappa shape index (κ2) is 5.42. The first-order chi connectivity index (χ1) is 7.42. The van der Waals surface area contributed by atoms with E-state index in [0.717, 1.165) is 31.9 Å². The number of anilines is 1. The van der Waals surface area contributed by atoms with Gasteiger partial charge in [-0.3, -0.25) is 0 Å². The average molecular weight is 222 g/mol. The van der Waals surface area contributed by atoms with Gasteiger partial charge in [-0.25, -0.2) is 0 Å². The molecule has 2 rings (SSSR count). The number of nitrogens with zero attached hydrogens (tertiary/aromatic N) is 1. The maximum atomic E-state index is 3.39. The summed E-state index contributed by atoms with van der Waals surface area (Å²) in [6.07, 6.45) is 2.16. The molecule has 1 aliphatic rings. The third kappa shape index (κ3) is 2.67. The molecule has 0 aromatic heterocycles. The zero-order chi connectivity index (χ0) is 10.5. The van der Waals surface area contributed by atoms with Crippen LogP contribution in [0.3, 0.4) is 0 Å². The predicted octanol–water partition coefficient (Wildman–Crippen LogP) is 1.96. The SMILES string of the molecule is CSCc1ccccc1N1CCNCC1. The Morgan fingerprint density at radius 1 is 1.27 bits per heavy atom. The number of piperazine rings is 1. The lowest BCUT2D eigenvalue weighted by molar-refractivity contribution is 0.588. The topological polar surface area (TPSA) is 15.3 Å². The van der Waals surface area contributed by atoms with E-state index < -0.39 is 0 Å². The molecule has 1 heterocycles. The molecule has 1 N–H and O–H groups in total. The summed E-state index contributed by atoms with van der Waals surface area (Å²) in [7, 11) is 0. The largest absolute Gasteiger partial charge is 0.369 e. The Morgan fingerprint density at radius 2 is 2.00 bits per heavy atom. The Hall–Kier alpha value is -0.670. The molecule has 0 aliphatic carbocycles. The van der Waals surface area contributed by atoms with Gasteiger partial charge in [-0.1, -0.05) is 18.2 Å². The normalized spacial score (nSPS) is 16.7. The van der Waals surface area contributed by atoms with Crippen LogP contribution >= 0.6 is 11.8 Å². The van der Waals surface area contributed by atoms with E-state index in [0.29, 0.717) is 0 Å². The Kier molecular flexibility index (Phi) is 3.92. The molecule has 82 valence electrons. The average Bonchev–Trinajstić information content (AvgIpc) is 2.31. The fourth-order valence-corrected chi connectivity index (χ4v) is 2.56. The second-order valence-corrected chi connectivity index (χ2v) is 4.66. The molecule has 1 aromatic carbocycles. The van der Waals surface area contributed by atoms with E-state index in [-0.39, 0.29) is 0 Å². The van der Waals surface area contributed by atoms with Crippen molar-refractivity contribution in [2.24, 2.45) is 0 Å². The van der Waals surface area contributed by atoms with Crippen molar-refractivity contribution in [2.45, 2.75) is 5.75 Å². The molecule has 3 heteroatoms. The Labute approximate surface area is 96.0 Å². The third-order valence-corrected chi connectivity index (χ3v) is 3.35. The van der Waals surface area contributed by atoms with Gasteiger partial charge >= 0.3 is 0 Å². The van der Waals surface area contributed by atoms with Crippen LogP contribution in [0.2, 0.25) is 0 Å². The standard InChI is InChI=1S/C12H18N2S/c1-15-10-11-4-2-3-5-12(11)14-8-6-13-7-9-14/h2-5,13H,6-10H2,1H3. The number of rotatable bonds is 3. The molecule has 0 saturated carbocycles. The molecule has 2 nitrogen and oxygen atoms in total. The number of thioether (sulfide) groups is 1. The lowest BCUT2D eigenvalue weighted by atomic mass is 10.1. The smallest absolute Gasteiger partial charge is 0.0408 e. The van der Waals surface area contributed by atoms with Crippen molar-refractivity contribution in [3.8, 4) is 0 Å². The van der Waals surface area contributed by atoms with Crippen LogP contribution in [0.15, 0.2) is 24.3 Å². The highest BCUT2D eigenvalue weighted by atomic mass is 32.2. The summed E-state index contributed by atoms with van der Waals surface area (Å²) in [5.74, 6) is 1.11. The van der Waals surface area contributed by atoms with Crippen molar-refractivity contribution in [3.05, 3.63) is 29.8 Å². The van der Waals surface area contributed by atoms with Crippen LogP contribution in [-0.4, -0.2) is 32.4 Å². The molecule has 0 spiro atoms. The molecule has 1 aromatic rings. The van der Waals surface area contributed by atoms with E-state index >= 15 is 0 Å². The van der Waals surface area contributed by atoms with E-state index in [2.05, 4.69) is 40.7 Å². The monoisotopic (exact) mass is 222 g/mol. The van der Waals surface area contributed by atoms with E-state index in [1.165, 1.54) is 11.3 Å². The van der Waals surface area contributed by atoms with Gasteiger partial charge in [0.25, 0.3) is 0 Å². The van der Waals surface area contributed by atoms with Crippen molar-refractivity contribution in [1.82, 2.24) is 5.32 Å². The number of hydrogen-bond acceptors (Lipinski definition) is 3. The Morgan fingerprint density at radius 3 is 2.73 bits per heavy atom. The quantitative estimate of drug-likeness (QED) is 0.841. The highest BCUT2D eigenvalue weighted by Crippen LogP contribution is 2.23. The molecule has 1 aliphatic heterocycles. The minimum atomic E-state index is 1.10. The van der Waals surface area contributed by atoms with Gasteiger partial charge in [0.05, 0.1) is 0 Å². The number of hydrogen-bond donors (Lipinski definition) is 1. The first kappa shape index (κ1) is 10.8. The second-order valence-electron chi connectivity index (χ2n) is 3.80. The lowest BCUT2D eigenvalue weighted by Gasteiger charge is -2.31. The molecular weight excluding hydrogens is 204 g/mol. The number of nitrogens with one attached hydrogen (secondary N) is 1. The molecule has 0 atom stereocenters. The molecule has 0 radical (unpaired) electrons. The summed E-state index contributed by atoms with van der Waals surface area (Å²) in [4.78, 5) is 2.49. The summed E-state index contributed by atoms with van der Waals surface area (Å²) in [6, 6.07) is 8.77. The summed E-state index contributed by atoms with van der Waals surface area (Å²) >= 11 is 1.89. The molecule has 0 amide bonds. The van der Waals surface area contributed by atoms with Crippen molar-refractivity contribution in [2.75, 3.05) is 37.3 Å². The van der Waals surface area contributed by atoms with Crippen LogP contribution in [-0.2, 0) is 5.75 Å². The summed E-state index contributed by atoms with van der Waals surface area (Å²) in [6.45, 7) is 4.47. The fourth-order valence-electron chi connectivity index (χ4n) is 2.00. The van der Waals surface area contributed by atoms with Crippen LogP contribution in [0.4, 0.5) is 5.69 Å². The van der Waals surface area contributed by atoms with Gasteiger partial charge in [-0.15, -0.1) is 0 Å². The van der Waals surface area contributed by atoms with E-state index in [1.807, 2.05) is 11.8 Å². The Balaban J connectivity index is 2.17. The van der Waals surface area contributed by atoms with Crippen LogP contribution in [0.1, 0.15) is 5.56 Å². The molecule has 0 unspecified atom stereocenters.